The highest BCUT2D eigenvalue weighted by molar-refractivity contribution is 5.85. The van der Waals surface area contributed by atoms with Crippen molar-refractivity contribution in [3.63, 3.8) is 0 Å². The summed E-state index contributed by atoms with van der Waals surface area (Å²) in [4.78, 5) is 13.1. The molecule has 1 aromatic carbocycles. The Hall–Kier alpha value is -1.61. The van der Waals surface area contributed by atoms with E-state index >= 15 is 0 Å². The van der Waals surface area contributed by atoms with Gasteiger partial charge in [-0.2, -0.15) is 0 Å². The van der Waals surface area contributed by atoms with Gasteiger partial charge in [-0.3, -0.25) is 0 Å². The lowest BCUT2D eigenvalue weighted by molar-refractivity contribution is -0.131. The molecule has 1 rings (SSSR count). The summed E-state index contributed by atoms with van der Waals surface area (Å²) in [5, 5.41) is 8.72. The average molecular weight is 289 g/mol. The predicted molar refractivity (Wildman–Crippen MR) is 88.5 cm³/mol. The molecule has 0 amide bonds. The number of carbonyl (C=O) groups is 1. The number of benzene rings is 1. The molecule has 0 heterocycles. The van der Waals surface area contributed by atoms with Crippen molar-refractivity contribution >= 4 is 12.0 Å². The van der Waals surface area contributed by atoms with Crippen molar-refractivity contribution in [1.29, 1.82) is 0 Å². The Morgan fingerprint density at radius 1 is 1.14 bits per heavy atom. The van der Waals surface area contributed by atoms with Crippen LogP contribution >= 0.6 is 0 Å². The Morgan fingerprint density at radius 2 is 1.86 bits per heavy atom. The van der Waals surface area contributed by atoms with E-state index in [-0.39, 0.29) is 0 Å². The first-order valence-corrected chi connectivity index (χ1v) is 7.88. The van der Waals surface area contributed by atoms with E-state index in [4.69, 9.17) is 5.11 Å². The van der Waals surface area contributed by atoms with Gasteiger partial charge in [-0.05, 0) is 56.1 Å². The van der Waals surface area contributed by atoms with Gasteiger partial charge in [0, 0.05) is 6.08 Å². The largest absolute Gasteiger partial charge is 0.478 e. The van der Waals surface area contributed by atoms with Crippen LogP contribution in [-0.4, -0.2) is 35.6 Å². The molecule has 0 aliphatic rings. The molecule has 1 N–H and O–H groups in total. The van der Waals surface area contributed by atoms with Crippen LogP contribution in [0.15, 0.2) is 30.3 Å². The minimum atomic E-state index is -0.899. The van der Waals surface area contributed by atoms with Crippen LogP contribution in [0.5, 0.6) is 0 Å². The van der Waals surface area contributed by atoms with Gasteiger partial charge in [-0.15, -0.1) is 0 Å². The van der Waals surface area contributed by atoms with Gasteiger partial charge >= 0.3 is 5.97 Å². The molecule has 0 spiro atoms. The molecule has 0 bridgehead atoms. The molecule has 3 nitrogen and oxygen atoms in total. The van der Waals surface area contributed by atoms with Crippen molar-refractivity contribution in [2.45, 2.75) is 39.5 Å². The Kier molecular flexibility index (Phi) is 8.44. The highest BCUT2D eigenvalue weighted by atomic mass is 16.4. The Morgan fingerprint density at radius 3 is 2.52 bits per heavy atom. The minimum absolute atomic E-state index is 0.899. The zero-order valence-corrected chi connectivity index (χ0v) is 13.2. The van der Waals surface area contributed by atoms with Crippen LogP contribution < -0.4 is 0 Å². The van der Waals surface area contributed by atoms with E-state index in [2.05, 4.69) is 24.8 Å². The van der Waals surface area contributed by atoms with E-state index in [1.54, 1.807) is 6.08 Å². The van der Waals surface area contributed by atoms with E-state index in [0.29, 0.717) is 0 Å². The van der Waals surface area contributed by atoms with E-state index in [9.17, 15) is 4.79 Å². The second-order valence-corrected chi connectivity index (χ2v) is 5.21. The second-order valence-electron chi connectivity index (χ2n) is 5.21. The normalized spacial score (nSPS) is 11.4. The molecule has 0 fully saturated rings. The molecular formula is C18H27NO2. The summed E-state index contributed by atoms with van der Waals surface area (Å²) >= 11 is 0. The smallest absolute Gasteiger partial charge is 0.328 e. The summed E-state index contributed by atoms with van der Waals surface area (Å²) in [6, 6.07) is 8.03. The number of hydrogen-bond acceptors (Lipinski definition) is 2. The lowest BCUT2D eigenvalue weighted by Gasteiger charge is -2.17. The molecule has 3 heteroatoms. The summed E-state index contributed by atoms with van der Waals surface area (Å²) < 4.78 is 0. The van der Waals surface area contributed by atoms with Gasteiger partial charge in [-0.1, -0.05) is 44.5 Å². The van der Waals surface area contributed by atoms with Gasteiger partial charge in [0.05, 0.1) is 0 Å². The highest BCUT2D eigenvalue weighted by Gasteiger charge is 2.01. The number of hydrogen-bond donors (Lipinski definition) is 1. The number of rotatable bonds is 10. The van der Waals surface area contributed by atoms with Gasteiger partial charge in [0.25, 0.3) is 0 Å². The molecule has 0 saturated carbocycles. The van der Waals surface area contributed by atoms with Crippen LogP contribution in [0.3, 0.4) is 0 Å². The first-order valence-electron chi connectivity index (χ1n) is 7.88. The molecule has 0 saturated heterocycles. The number of carboxylic acid groups (broad SMARTS) is 1. The maximum absolute atomic E-state index is 10.6. The van der Waals surface area contributed by atoms with E-state index in [1.165, 1.54) is 31.0 Å². The molecule has 0 aromatic heterocycles. The number of carboxylic acids is 1. The van der Waals surface area contributed by atoms with Gasteiger partial charge < -0.3 is 10.0 Å². The molecule has 0 aliphatic heterocycles. The Labute approximate surface area is 128 Å². The van der Waals surface area contributed by atoms with Gasteiger partial charge in [0.15, 0.2) is 0 Å². The van der Waals surface area contributed by atoms with Crippen LogP contribution in [0.25, 0.3) is 6.08 Å². The fourth-order valence-corrected chi connectivity index (χ4v) is 2.45. The Balaban J connectivity index is 2.40. The first-order chi connectivity index (χ1) is 10.2. The van der Waals surface area contributed by atoms with Crippen molar-refractivity contribution < 1.29 is 9.90 Å². The van der Waals surface area contributed by atoms with E-state index < -0.39 is 5.97 Å². The fraction of sp³-hybridized carbons (Fsp3) is 0.500. The lowest BCUT2D eigenvalue weighted by Crippen LogP contribution is -2.23. The fourth-order valence-electron chi connectivity index (χ4n) is 2.45. The highest BCUT2D eigenvalue weighted by Crippen LogP contribution is 2.14. The summed E-state index contributed by atoms with van der Waals surface area (Å²) in [5.41, 5.74) is 2.25. The van der Waals surface area contributed by atoms with Crippen LogP contribution in [-0.2, 0) is 11.2 Å². The number of nitrogens with zero attached hydrogens (tertiary/aromatic N) is 1. The maximum Gasteiger partial charge on any atom is 0.328 e. The molecule has 0 radical (unpaired) electrons. The number of aryl methyl sites for hydroxylation is 1. The molecule has 21 heavy (non-hydrogen) atoms. The van der Waals surface area contributed by atoms with Crippen molar-refractivity contribution in [3.8, 4) is 0 Å². The summed E-state index contributed by atoms with van der Waals surface area (Å²) in [5.74, 6) is -0.899. The summed E-state index contributed by atoms with van der Waals surface area (Å²) in [6.45, 7) is 7.83. The third kappa shape index (κ3) is 7.09. The third-order valence-electron chi connectivity index (χ3n) is 3.78. The lowest BCUT2D eigenvalue weighted by atomic mass is 10.0. The van der Waals surface area contributed by atoms with Crippen molar-refractivity contribution in [2.24, 2.45) is 0 Å². The number of aliphatic carboxylic acids is 1. The molecule has 0 aliphatic carbocycles. The number of unbranched alkanes of at least 4 members (excludes halogenated alkanes) is 2. The minimum Gasteiger partial charge on any atom is -0.478 e. The zero-order chi connectivity index (χ0) is 15.5. The maximum atomic E-state index is 10.6. The van der Waals surface area contributed by atoms with Crippen LogP contribution in [0.1, 0.15) is 44.2 Å². The molecule has 0 atom stereocenters. The second kappa shape index (κ2) is 10.2. The monoisotopic (exact) mass is 289 g/mol. The zero-order valence-electron chi connectivity index (χ0n) is 13.2. The molecule has 116 valence electrons. The Bertz CT molecular complexity index is 450. The van der Waals surface area contributed by atoms with Crippen LogP contribution in [0.2, 0.25) is 0 Å². The van der Waals surface area contributed by atoms with Crippen LogP contribution in [0.4, 0.5) is 0 Å². The van der Waals surface area contributed by atoms with E-state index in [1.807, 2.05) is 18.2 Å². The molecular weight excluding hydrogens is 262 g/mol. The van der Waals surface area contributed by atoms with Gasteiger partial charge in [0.1, 0.15) is 0 Å². The van der Waals surface area contributed by atoms with Crippen molar-refractivity contribution in [1.82, 2.24) is 4.90 Å². The quantitative estimate of drug-likeness (QED) is 0.525. The summed E-state index contributed by atoms with van der Waals surface area (Å²) in [7, 11) is 0. The van der Waals surface area contributed by atoms with Gasteiger partial charge in [0.2, 0.25) is 0 Å². The standard InChI is InChI=1S/C18H27NO2/c1-3-19(4-2)15-9-5-6-10-16-11-7-8-12-17(16)13-14-18(20)21/h7-8,11-14H,3-6,9-10,15H2,1-2H3,(H,20,21). The third-order valence-corrected chi connectivity index (χ3v) is 3.78. The van der Waals surface area contributed by atoms with Crippen molar-refractivity contribution in [3.05, 3.63) is 41.5 Å². The average Bonchev–Trinajstić information content (AvgIpc) is 2.49. The van der Waals surface area contributed by atoms with Crippen molar-refractivity contribution in [2.75, 3.05) is 19.6 Å². The first kappa shape index (κ1) is 17.4. The SMILES string of the molecule is CCN(CC)CCCCCc1ccccc1C=CC(=O)O. The van der Waals surface area contributed by atoms with E-state index in [0.717, 1.165) is 31.5 Å². The topological polar surface area (TPSA) is 40.5 Å². The molecule has 0 unspecified atom stereocenters. The van der Waals surface area contributed by atoms with Crippen LogP contribution in [0, 0.1) is 0 Å². The molecule has 1 aromatic rings. The predicted octanol–water partition coefficient (Wildman–Crippen LogP) is 3.84. The summed E-state index contributed by atoms with van der Waals surface area (Å²) in [6.07, 6.45) is 7.51. The van der Waals surface area contributed by atoms with Gasteiger partial charge in [-0.25, -0.2) is 4.79 Å².